The van der Waals surface area contributed by atoms with E-state index in [4.69, 9.17) is 4.74 Å². The van der Waals surface area contributed by atoms with Crippen molar-refractivity contribution in [1.29, 1.82) is 0 Å². The summed E-state index contributed by atoms with van der Waals surface area (Å²) < 4.78 is 7.68. The second-order valence-corrected chi connectivity index (χ2v) is 6.25. The van der Waals surface area contributed by atoms with Gasteiger partial charge in [-0.25, -0.2) is 0 Å². The van der Waals surface area contributed by atoms with Crippen LogP contribution < -0.4 is 15.4 Å². The Morgan fingerprint density at radius 2 is 1.88 bits per heavy atom. The minimum absolute atomic E-state index is 0. The zero-order valence-electron chi connectivity index (χ0n) is 14.9. The molecule has 1 aliphatic rings. The molecule has 1 aliphatic carbocycles. The van der Waals surface area contributed by atoms with E-state index in [9.17, 15) is 0 Å². The lowest BCUT2D eigenvalue weighted by molar-refractivity contribution is 0.403. The smallest absolute Gasteiger partial charge is 0.191 e. The van der Waals surface area contributed by atoms with Crippen LogP contribution in [0, 0.1) is 0 Å². The molecule has 0 bridgehead atoms. The average molecular weight is 454 g/mol. The third kappa shape index (κ3) is 4.90. The lowest BCUT2D eigenvalue weighted by Gasteiger charge is -2.21. The maximum atomic E-state index is 5.53. The topological polar surface area (TPSA) is 50.6 Å². The van der Waals surface area contributed by atoms with Crippen molar-refractivity contribution in [2.45, 2.75) is 24.8 Å². The number of nitrogens with one attached hydrogen (secondary N) is 2. The number of guanidine groups is 1. The maximum Gasteiger partial charge on any atom is 0.191 e. The average Bonchev–Trinajstić information content (AvgIpc) is 3.24. The second kappa shape index (κ2) is 9.12. The van der Waals surface area contributed by atoms with Gasteiger partial charge in [-0.2, -0.15) is 0 Å². The number of ether oxygens (including phenoxy) is 1. The Morgan fingerprint density at radius 1 is 1.16 bits per heavy atom. The lowest BCUT2D eigenvalue weighted by Crippen LogP contribution is -2.42. The fraction of sp³-hybridized carbons (Fsp3) is 0.421. The molecule has 5 nitrogen and oxygen atoms in total. The molecule has 1 fully saturated rings. The second-order valence-electron chi connectivity index (χ2n) is 6.25. The van der Waals surface area contributed by atoms with E-state index in [2.05, 4.69) is 44.7 Å². The van der Waals surface area contributed by atoms with Crippen molar-refractivity contribution in [3.8, 4) is 5.75 Å². The first-order valence-electron chi connectivity index (χ1n) is 8.46. The van der Waals surface area contributed by atoms with Gasteiger partial charge in [0.05, 0.1) is 7.11 Å². The van der Waals surface area contributed by atoms with Gasteiger partial charge in [0.25, 0.3) is 0 Å². The third-order valence-corrected chi connectivity index (χ3v) is 4.68. The van der Waals surface area contributed by atoms with Crippen LogP contribution in [-0.4, -0.2) is 37.8 Å². The molecule has 2 N–H and O–H groups in total. The van der Waals surface area contributed by atoms with E-state index in [0.717, 1.165) is 31.3 Å². The van der Waals surface area contributed by atoms with Crippen molar-refractivity contribution in [3.05, 3.63) is 54.4 Å². The van der Waals surface area contributed by atoms with Gasteiger partial charge in [0.2, 0.25) is 0 Å². The molecule has 0 spiro atoms. The molecule has 1 aromatic carbocycles. The van der Waals surface area contributed by atoms with Gasteiger partial charge in [0, 0.05) is 50.1 Å². The van der Waals surface area contributed by atoms with Crippen molar-refractivity contribution >= 4 is 29.9 Å². The molecule has 1 aromatic heterocycles. The van der Waals surface area contributed by atoms with Gasteiger partial charge in [-0.3, -0.25) is 4.99 Å². The molecule has 0 saturated heterocycles. The van der Waals surface area contributed by atoms with Crippen LogP contribution in [0.25, 0.3) is 0 Å². The molecule has 0 unspecified atom stereocenters. The zero-order valence-corrected chi connectivity index (χ0v) is 17.2. The fourth-order valence-electron chi connectivity index (χ4n) is 3.07. The van der Waals surface area contributed by atoms with Gasteiger partial charge in [0.1, 0.15) is 5.75 Å². The Kier molecular flexibility index (Phi) is 7.16. The Balaban J connectivity index is 0.00000225. The molecule has 1 heterocycles. The number of hydrogen-bond donors (Lipinski definition) is 2. The Morgan fingerprint density at radius 3 is 2.52 bits per heavy atom. The largest absolute Gasteiger partial charge is 0.496 e. The van der Waals surface area contributed by atoms with Crippen molar-refractivity contribution in [2.75, 3.05) is 27.2 Å². The molecule has 0 amide bonds. The summed E-state index contributed by atoms with van der Waals surface area (Å²) in [6, 6.07) is 12.4. The number of halogens is 1. The summed E-state index contributed by atoms with van der Waals surface area (Å²) in [7, 11) is 3.55. The highest BCUT2D eigenvalue weighted by Gasteiger charge is 2.45. The van der Waals surface area contributed by atoms with Crippen molar-refractivity contribution in [3.63, 3.8) is 0 Å². The lowest BCUT2D eigenvalue weighted by atomic mass is 9.95. The van der Waals surface area contributed by atoms with Crippen LogP contribution in [0.2, 0.25) is 0 Å². The third-order valence-electron chi connectivity index (χ3n) is 4.68. The number of aromatic nitrogens is 1. The molecule has 136 valence electrons. The van der Waals surface area contributed by atoms with E-state index in [1.165, 1.54) is 18.4 Å². The first kappa shape index (κ1) is 19.6. The van der Waals surface area contributed by atoms with Crippen LogP contribution in [0.1, 0.15) is 18.4 Å². The Bertz CT molecular complexity index is 680. The molecule has 2 aromatic rings. The highest BCUT2D eigenvalue weighted by molar-refractivity contribution is 14.0. The van der Waals surface area contributed by atoms with Crippen molar-refractivity contribution in [2.24, 2.45) is 4.99 Å². The molecule has 1 saturated carbocycles. The van der Waals surface area contributed by atoms with Crippen LogP contribution in [0.4, 0.5) is 0 Å². The summed E-state index contributed by atoms with van der Waals surface area (Å²) in [5.74, 6) is 1.83. The van der Waals surface area contributed by atoms with E-state index < -0.39 is 0 Å². The summed E-state index contributed by atoms with van der Waals surface area (Å²) in [5, 5.41) is 6.85. The standard InChI is InChI=1S/C19H26N4O.HI/c1-20-18(21-11-14-23-12-5-6-13-23)22-15-19(9-10-19)16-7-3-4-8-17(16)24-2;/h3-8,12-13H,9-11,14-15H2,1-2H3,(H2,20,21,22);1H. The molecule has 0 radical (unpaired) electrons. The number of methoxy groups -OCH3 is 1. The van der Waals surface area contributed by atoms with Crippen LogP contribution in [-0.2, 0) is 12.0 Å². The number of hydrogen-bond acceptors (Lipinski definition) is 2. The summed E-state index contributed by atoms with van der Waals surface area (Å²) in [6.07, 6.45) is 6.50. The highest BCUT2D eigenvalue weighted by Crippen LogP contribution is 2.50. The van der Waals surface area contributed by atoms with Gasteiger partial charge >= 0.3 is 0 Å². The Hall–Kier alpha value is -1.70. The van der Waals surface area contributed by atoms with E-state index in [1.807, 2.05) is 31.3 Å². The first-order chi connectivity index (χ1) is 11.8. The predicted molar refractivity (Wildman–Crippen MR) is 113 cm³/mol. The minimum atomic E-state index is 0. The van der Waals surface area contributed by atoms with Gasteiger partial charge in [-0.15, -0.1) is 24.0 Å². The van der Waals surface area contributed by atoms with Gasteiger partial charge < -0.3 is 19.9 Å². The van der Waals surface area contributed by atoms with E-state index >= 15 is 0 Å². The summed E-state index contributed by atoms with van der Waals surface area (Å²) >= 11 is 0. The molecule has 0 aliphatic heterocycles. The van der Waals surface area contributed by atoms with E-state index in [0.29, 0.717) is 0 Å². The monoisotopic (exact) mass is 454 g/mol. The van der Waals surface area contributed by atoms with Crippen LogP contribution >= 0.6 is 24.0 Å². The van der Waals surface area contributed by atoms with Crippen molar-refractivity contribution in [1.82, 2.24) is 15.2 Å². The fourth-order valence-corrected chi connectivity index (χ4v) is 3.07. The number of aliphatic imine (C=N–C) groups is 1. The van der Waals surface area contributed by atoms with Crippen molar-refractivity contribution < 1.29 is 4.74 Å². The summed E-state index contributed by atoms with van der Waals surface area (Å²) in [6.45, 7) is 2.64. The number of rotatable bonds is 7. The van der Waals surface area contributed by atoms with Crippen LogP contribution in [0.15, 0.2) is 53.8 Å². The minimum Gasteiger partial charge on any atom is -0.496 e. The molecular formula is C19H27IN4O. The Labute approximate surface area is 166 Å². The van der Waals surface area contributed by atoms with Crippen LogP contribution in [0.3, 0.4) is 0 Å². The van der Waals surface area contributed by atoms with E-state index in [-0.39, 0.29) is 29.4 Å². The van der Waals surface area contributed by atoms with Gasteiger partial charge in [-0.1, -0.05) is 18.2 Å². The number of benzene rings is 1. The van der Waals surface area contributed by atoms with Crippen LogP contribution in [0.5, 0.6) is 5.75 Å². The normalized spacial score (nSPS) is 15.2. The highest BCUT2D eigenvalue weighted by atomic mass is 127. The van der Waals surface area contributed by atoms with Gasteiger partial charge in [0.15, 0.2) is 5.96 Å². The SMILES string of the molecule is CN=C(NCCn1cccc1)NCC1(c2ccccc2OC)CC1.I. The predicted octanol–water partition coefficient (Wildman–Crippen LogP) is 3.01. The first-order valence-corrected chi connectivity index (χ1v) is 8.46. The quantitative estimate of drug-likeness (QED) is 0.384. The molecule has 6 heteroatoms. The number of nitrogens with zero attached hydrogens (tertiary/aromatic N) is 2. The zero-order chi connectivity index (χ0) is 16.8. The molecule has 3 rings (SSSR count). The molecule has 25 heavy (non-hydrogen) atoms. The van der Waals surface area contributed by atoms with E-state index in [1.54, 1.807) is 7.11 Å². The maximum absolute atomic E-state index is 5.53. The van der Waals surface area contributed by atoms with Gasteiger partial charge in [-0.05, 0) is 31.0 Å². The molecular weight excluding hydrogens is 427 g/mol. The number of para-hydroxylation sites is 1. The molecule has 0 atom stereocenters. The summed E-state index contributed by atoms with van der Waals surface area (Å²) in [5.41, 5.74) is 1.47. The summed E-state index contributed by atoms with van der Waals surface area (Å²) in [4.78, 5) is 4.33.